The van der Waals surface area contributed by atoms with Crippen LogP contribution in [0.1, 0.15) is 43.5 Å². The summed E-state index contributed by atoms with van der Waals surface area (Å²) in [6.07, 6.45) is 3.81. The van der Waals surface area contributed by atoms with Crippen LogP contribution < -0.4 is 14.8 Å². The summed E-state index contributed by atoms with van der Waals surface area (Å²) in [5.41, 5.74) is 0.954. The topological polar surface area (TPSA) is 67.9 Å². The van der Waals surface area contributed by atoms with E-state index in [0.29, 0.717) is 23.8 Å². The first kappa shape index (κ1) is 19.9. The first-order valence-corrected chi connectivity index (χ1v) is 10.6. The van der Waals surface area contributed by atoms with Gasteiger partial charge in [0, 0.05) is 18.2 Å². The number of carbonyl (C=O) groups is 2. The molecule has 1 N–H and O–H groups in total. The monoisotopic (exact) mass is 392 g/mol. The molecule has 2 fully saturated rings. The van der Waals surface area contributed by atoms with Crippen LogP contribution in [0.5, 0.6) is 11.5 Å². The van der Waals surface area contributed by atoms with Crippen LogP contribution in [0.2, 0.25) is 0 Å². The molecule has 3 rings (SSSR count). The van der Waals surface area contributed by atoms with Crippen molar-refractivity contribution in [3.05, 3.63) is 23.8 Å². The van der Waals surface area contributed by atoms with Gasteiger partial charge in [-0.25, -0.2) is 0 Å². The highest BCUT2D eigenvalue weighted by molar-refractivity contribution is 7.99. The van der Waals surface area contributed by atoms with Gasteiger partial charge < -0.3 is 19.7 Å². The van der Waals surface area contributed by atoms with E-state index >= 15 is 0 Å². The number of hydrogen-bond donors (Lipinski definition) is 1. The van der Waals surface area contributed by atoms with Gasteiger partial charge in [0.25, 0.3) is 0 Å². The Labute approximate surface area is 165 Å². The van der Waals surface area contributed by atoms with Crippen LogP contribution in [0, 0.1) is 5.92 Å². The van der Waals surface area contributed by atoms with Crippen molar-refractivity contribution in [2.75, 3.05) is 26.5 Å². The summed E-state index contributed by atoms with van der Waals surface area (Å²) < 4.78 is 10.7. The predicted molar refractivity (Wildman–Crippen MR) is 106 cm³/mol. The lowest BCUT2D eigenvalue weighted by atomic mass is 10.1. The molecular formula is C20H28N2O4S. The molecule has 0 spiro atoms. The van der Waals surface area contributed by atoms with Gasteiger partial charge in [-0.3, -0.25) is 9.59 Å². The fraction of sp³-hybridized carbons (Fsp3) is 0.600. The summed E-state index contributed by atoms with van der Waals surface area (Å²) in [7, 11) is 3.20. The van der Waals surface area contributed by atoms with E-state index in [0.717, 1.165) is 31.2 Å². The maximum Gasteiger partial charge on any atom is 0.243 e. The maximum absolute atomic E-state index is 13.0. The molecule has 0 unspecified atom stereocenters. The molecule has 2 amide bonds. The number of ether oxygens (including phenoxy) is 2. The normalized spacial score (nSPS) is 21.8. The molecule has 0 aromatic heterocycles. The first-order valence-electron chi connectivity index (χ1n) is 9.54. The number of nitrogens with one attached hydrogen (secondary N) is 1. The Morgan fingerprint density at radius 3 is 2.59 bits per heavy atom. The Hall–Kier alpha value is -1.89. The minimum Gasteiger partial charge on any atom is -0.493 e. The number of carbonyl (C=O) groups excluding carboxylic acids is 2. The average molecular weight is 393 g/mol. The zero-order valence-corrected chi connectivity index (χ0v) is 17.0. The second-order valence-electron chi connectivity index (χ2n) is 6.98. The number of thioether (sulfide) groups is 1. The number of unbranched alkanes of at least 4 members (excludes halogenated alkanes) is 1. The Balaban J connectivity index is 1.83. The average Bonchev–Trinajstić information content (AvgIpc) is 3.45. The molecule has 2 aliphatic rings. The van der Waals surface area contributed by atoms with Crippen LogP contribution in [0.15, 0.2) is 18.2 Å². The lowest BCUT2D eigenvalue weighted by Gasteiger charge is -2.29. The third-order valence-corrected chi connectivity index (χ3v) is 6.33. The van der Waals surface area contributed by atoms with E-state index in [1.807, 2.05) is 18.2 Å². The van der Waals surface area contributed by atoms with Gasteiger partial charge in [0.05, 0.1) is 14.2 Å². The highest BCUT2D eigenvalue weighted by Gasteiger charge is 2.46. The lowest BCUT2D eigenvalue weighted by molar-refractivity contribution is -0.140. The number of nitrogens with zero attached hydrogens (tertiary/aromatic N) is 1. The lowest BCUT2D eigenvalue weighted by Crippen LogP contribution is -2.48. The molecule has 1 aliphatic heterocycles. The molecule has 2 atom stereocenters. The molecular weight excluding hydrogens is 364 g/mol. The number of benzene rings is 1. The van der Waals surface area contributed by atoms with Gasteiger partial charge in [-0.2, -0.15) is 0 Å². The van der Waals surface area contributed by atoms with Crippen LogP contribution in [0.25, 0.3) is 0 Å². The van der Waals surface area contributed by atoms with Crippen molar-refractivity contribution in [3.8, 4) is 11.5 Å². The molecule has 0 radical (unpaired) electrons. The molecule has 1 aromatic carbocycles. The fourth-order valence-corrected chi connectivity index (χ4v) is 4.72. The van der Waals surface area contributed by atoms with Crippen molar-refractivity contribution in [2.24, 2.45) is 5.92 Å². The highest BCUT2D eigenvalue weighted by atomic mass is 32.2. The zero-order valence-electron chi connectivity index (χ0n) is 16.2. The van der Waals surface area contributed by atoms with E-state index in [4.69, 9.17) is 9.47 Å². The van der Waals surface area contributed by atoms with Crippen LogP contribution in [-0.4, -0.2) is 49.3 Å². The Morgan fingerprint density at radius 1 is 1.22 bits per heavy atom. The van der Waals surface area contributed by atoms with Gasteiger partial charge in [0.2, 0.25) is 11.8 Å². The molecule has 1 saturated carbocycles. The van der Waals surface area contributed by atoms with Crippen LogP contribution in [-0.2, 0) is 9.59 Å². The highest BCUT2D eigenvalue weighted by Crippen LogP contribution is 2.46. The number of hydrogen-bond acceptors (Lipinski definition) is 5. The summed E-state index contributed by atoms with van der Waals surface area (Å²) in [5, 5.41) is 2.81. The third kappa shape index (κ3) is 4.34. The first-order chi connectivity index (χ1) is 13.1. The van der Waals surface area contributed by atoms with Crippen LogP contribution >= 0.6 is 11.8 Å². The molecule has 0 bridgehead atoms. The number of amides is 2. The Kier molecular flexibility index (Phi) is 6.52. The summed E-state index contributed by atoms with van der Waals surface area (Å²) in [6.45, 7) is 2.75. The van der Waals surface area contributed by atoms with Gasteiger partial charge in [0.15, 0.2) is 11.5 Å². The summed E-state index contributed by atoms with van der Waals surface area (Å²) in [4.78, 5) is 27.5. The van der Waals surface area contributed by atoms with Gasteiger partial charge in [0.1, 0.15) is 11.4 Å². The standard InChI is InChI=1S/C20H28N2O4S/c1-4-5-10-21-18(23)15-12-27-20(22(15)19(24)13-6-7-13)14-8-9-16(25-2)17(11-14)26-3/h8-9,11,13,15,20H,4-7,10,12H2,1-3H3,(H,21,23)/t15-,20+/m1/s1. The van der Waals surface area contributed by atoms with E-state index in [1.165, 1.54) is 0 Å². The van der Waals surface area contributed by atoms with E-state index < -0.39 is 6.04 Å². The van der Waals surface area contributed by atoms with Gasteiger partial charge in [-0.05, 0) is 37.0 Å². The minimum atomic E-state index is -0.418. The van der Waals surface area contributed by atoms with Crippen molar-refractivity contribution in [2.45, 2.75) is 44.0 Å². The number of rotatable bonds is 8. The Bertz CT molecular complexity index is 693. The van der Waals surface area contributed by atoms with E-state index in [9.17, 15) is 9.59 Å². The predicted octanol–water partition coefficient (Wildman–Crippen LogP) is 2.97. The molecule has 27 heavy (non-hydrogen) atoms. The van der Waals surface area contributed by atoms with Gasteiger partial charge in [-0.1, -0.05) is 19.4 Å². The molecule has 7 heteroatoms. The minimum absolute atomic E-state index is 0.0482. The van der Waals surface area contributed by atoms with E-state index in [1.54, 1.807) is 30.9 Å². The molecule has 1 aliphatic carbocycles. The maximum atomic E-state index is 13.0. The van der Waals surface area contributed by atoms with E-state index in [-0.39, 0.29) is 23.1 Å². The largest absolute Gasteiger partial charge is 0.493 e. The molecule has 6 nitrogen and oxygen atoms in total. The van der Waals surface area contributed by atoms with Crippen molar-refractivity contribution >= 4 is 23.6 Å². The van der Waals surface area contributed by atoms with Crippen molar-refractivity contribution in [3.63, 3.8) is 0 Å². The van der Waals surface area contributed by atoms with Crippen molar-refractivity contribution < 1.29 is 19.1 Å². The van der Waals surface area contributed by atoms with E-state index in [2.05, 4.69) is 12.2 Å². The molecule has 148 valence electrons. The smallest absolute Gasteiger partial charge is 0.243 e. The van der Waals surface area contributed by atoms with Gasteiger partial charge >= 0.3 is 0 Å². The van der Waals surface area contributed by atoms with Crippen molar-refractivity contribution in [1.82, 2.24) is 10.2 Å². The fourth-order valence-electron chi connectivity index (χ4n) is 3.29. The number of methoxy groups -OCH3 is 2. The third-order valence-electron chi connectivity index (χ3n) is 5.01. The molecule has 1 heterocycles. The SMILES string of the molecule is CCCCNC(=O)[C@H]1CS[C@@H](c2ccc(OC)c(OC)c2)N1C(=O)C1CC1. The second-order valence-corrected chi connectivity index (χ2v) is 8.09. The molecule has 1 aromatic rings. The summed E-state index contributed by atoms with van der Waals surface area (Å²) in [6, 6.07) is 5.28. The quantitative estimate of drug-likeness (QED) is 0.689. The van der Waals surface area contributed by atoms with Crippen molar-refractivity contribution in [1.29, 1.82) is 0 Å². The van der Waals surface area contributed by atoms with Crippen LogP contribution in [0.4, 0.5) is 0 Å². The zero-order chi connectivity index (χ0) is 19.4. The molecule has 1 saturated heterocycles. The summed E-state index contributed by atoms with van der Waals surface area (Å²) in [5.74, 6) is 2.00. The van der Waals surface area contributed by atoms with Gasteiger partial charge in [-0.15, -0.1) is 11.8 Å². The second kappa shape index (κ2) is 8.87. The Morgan fingerprint density at radius 2 is 1.96 bits per heavy atom. The summed E-state index contributed by atoms with van der Waals surface area (Å²) >= 11 is 1.63. The van der Waals surface area contributed by atoms with Crippen LogP contribution in [0.3, 0.4) is 0 Å².